The van der Waals surface area contributed by atoms with E-state index in [1.54, 1.807) is 7.11 Å². The minimum absolute atomic E-state index is 0.0602. The van der Waals surface area contributed by atoms with Crippen molar-refractivity contribution in [1.29, 1.82) is 0 Å². The summed E-state index contributed by atoms with van der Waals surface area (Å²) in [6.07, 6.45) is 6.92. The number of rotatable bonds is 4. The summed E-state index contributed by atoms with van der Waals surface area (Å²) in [7, 11) is 1.67. The summed E-state index contributed by atoms with van der Waals surface area (Å²) in [5, 5.41) is 10.2. The zero-order valence-corrected chi connectivity index (χ0v) is 12.2. The monoisotopic (exact) mass is 276 g/mol. The van der Waals surface area contributed by atoms with Crippen LogP contribution in [0.1, 0.15) is 44.1 Å². The summed E-state index contributed by atoms with van der Waals surface area (Å²) >= 11 is 0. The summed E-state index contributed by atoms with van der Waals surface area (Å²) in [5.74, 6) is 0.872. The summed E-state index contributed by atoms with van der Waals surface area (Å²) in [5.41, 5.74) is 1.23. The maximum atomic E-state index is 10.2. The van der Waals surface area contributed by atoms with E-state index in [2.05, 4.69) is 0 Å². The van der Waals surface area contributed by atoms with Crippen LogP contribution < -0.4 is 4.74 Å². The minimum Gasteiger partial charge on any atom is -0.497 e. The van der Waals surface area contributed by atoms with Crippen LogP contribution in [0.15, 0.2) is 24.3 Å². The molecule has 3 nitrogen and oxygen atoms in total. The Morgan fingerprint density at radius 2 is 1.85 bits per heavy atom. The van der Waals surface area contributed by atoms with Gasteiger partial charge in [-0.2, -0.15) is 0 Å². The van der Waals surface area contributed by atoms with E-state index in [9.17, 15) is 5.11 Å². The molecule has 3 rings (SSSR count). The Morgan fingerprint density at radius 3 is 2.45 bits per heavy atom. The fourth-order valence-corrected chi connectivity index (χ4v) is 3.74. The number of benzene rings is 1. The SMILES string of the molecule is COc1ccc(COC2CC(O)C23CCCCC3)cc1. The fraction of sp³-hybridized carbons (Fsp3) is 0.647. The lowest BCUT2D eigenvalue weighted by molar-refractivity contribution is -0.210. The van der Waals surface area contributed by atoms with Crippen molar-refractivity contribution in [3.63, 3.8) is 0 Å². The Morgan fingerprint density at radius 1 is 1.15 bits per heavy atom. The first-order valence-corrected chi connectivity index (χ1v) is 7.67. The Hall–Kier alpha value is -1.06. The van der Waals surface area contributed by atoms with Crippen LogP contribution in [0.25, 0.3) is 0 Å². The molecular weight excluding hydrogens is 252 g/mol. The normalized spacial score (nSPS) is 28.1. The lowest BCUT2D eigenvalue weighted by Crippen LogP contribution is -2.58. The quantitative estimate of drug-likeness (QED) is 0.917. The summed E-state index contributed by atoms with van der Waals surface area (Å²) < 4.78 is 11.3. The van der Waals surface area contributed by atoms with E-state index in [1.807, 2.05) is 24.3 Å². The predicted octanol–water partition coefficient (Wildman–Crippen LogP) is 3.30. The standard InChI is InChI=1S/C17H24O3/c1-19-14-7-5-13(6-8-14)12-20-16-11-15(18)17(16)9-3-2-4-10-17/h5-8,15-16,18H,2-4,9-12H2,1H3. The zero-order valence-electron chi connectivity index (χ0n) is 12.2. The number of ether oxygens (including phenoxy) is 2. The van der Waals surface area contributed by atoms with Crippen molar-refractivity contribution in [3.05, 3.63) is 29.8 Å². The van der Waals surface area contributed by atoms with Gasteiger partial charge in [0.15, 0.2) is 0 Å². The lowest BCUT2D eigenvalue weighted by atomic mass is 9.56. The maximum Gasteiger partial charge on any atom is 0.118 e. The van der Waals surface area contributed by atoms with Crippen molar-refractivity contribution in [3.8, 4) is 5.75 Å². The Bertz CT molecular complexity index is 434. The van der Waals surface area contributed by atoms with Gasteiger partial charge in [-0.3, -0.25) is 0 Å². The van der Waals surface area contributed by atoms with E-state index in [4.69, 9.17) is 9.47 Å². The molecule has 1 spiro atoms. The molecule has 0 radical (unpaired) electrons. The van der Waals surface area contributed by atoms with E-state index in [0.29, 0.717) is 6.61 Å². The molecule has 3 heteroatoms. The molecule has 0 bridgehead atoms. The molecule has 2 saturated carbocycles. The van der Waals surface area contributed by atoms with E-state index < -0.39 is 0 Å². The average Bonchev–Trinajstić information content (AvgIpc) is 2.52. The van der Waals surface area contributed by atoms with Crippen molar-refractivity contribution < 1.29 is 14.6 Å². The molecule has 2 unspecified atom stereocenters. The summed E-state index contributed by atoms with van der Waals surface area (Å²) in [6, 6.07) is 8.01. The van der Waals surface area contributed by atoms with E-state index in [-0.39, 0.29) is 17.6 Å². The molecule has 1 aromatic carbocycles. The van der Waals surface area contributed by atoms with Gasteiger partial charge in [0.25, 0.3) is 0 Å². The second kappa shape index (κ2) is 5.74. The topological polar surface area (TPSA) is 38.7 Å². The first kappa shape index (κ1) is 13.9. The molecule has 2 aliphatic carbocycles. The highest BCUT2D eigenvalue weighted by atomic mass is 16.5. The molecule has 1 N–H and O–H groups in total. The molecule has 0 aromatic heterocycles. The molecule has 0 aliphatic heterocycles. The van der Waals surface area contributed by atoms with Crippen LogP contribution in [0.4, 0.5) is 0 Å². The van der Waals surface area contributed by atoms with Crippen LogP contribution in [0.3, 0.4) is 0 Å². The largest absolute Gasteiger partial charge is 0.497 e. The van der Waals surface area contributed by atoms with E-state index in [1.165, 1.54) is 19.3 Å². The first-order valence-electron chi connectivity index (χ1n) is 7.67. The Kier molecular flexibility index (Phi) is 3.99. The van der Waals surface area contributed by atoms with Crippen LogP contribution in [0.2, 0.25) is 0 Å². The van der Waals surface area contributed by atoms with Crippen molar-refractivity contribution in [2.24, 2.45) is 5.41 Å². The highest BCUT2D eigenvalue weighted by molar-refractivity contribution is 5.26. The average molecular weight is 276 g/mol. The minimum atomic E-state index is -0.149. The highest BCUT2D eigenvalue weighted by Gasteiger charge is 2.55. The molecule has 2 fully saturated rings. The smallest absolute Gasteiger partial charge is 0.118 e. The molecule has 1 aromatic rings. The zero-order chi connectivity index (χ0) is 14.0. The number of hydrogen-bond donors (Lipinski definition) is 1. The Labute approximate surface area is 120 Å². The molecule has 20 heavy (non-hydrogen) atoms. The lowest BCUT2D eigenvalue weighted by Gasteiger charge is -2.55. The van der Waals surface area contributed by atoms with Gasteiger partial charge >= 0.3 is 0 Å². The van der Waals surface area contributed by atoms with Gasteiger partial charge in [-0.1, -0.05) is 31.4 Å². The van der Waals surface area contributed by atoms with Gasteiger partial charge in [0.1, 0.15) is 5.75 Å². The maximum absolute atomic E-state index is 10.2. The molecule has 0 amide bonds. The van der Waals surface area contributed by atoms with Crippen LogP contribution >= 0.6 is 0 Å². The van der Waals surface area contributed by atoms with E-state index in [0.717, 1.165) is 30.6 Å². The van der Waals surface area contributed by atoms with Crippen molar-refractivity contribution in [2.45, 2.75) is 57.3 Å². The third kappa shape index (κ3) is 2.45. The van der Waals surface area contributed by atoms with Gasteiger partial charge in [0.05, 0.1) is 25.9 Å². The number of aliphatic hydroxyl groups is 1. The summed E-state index contributed by atoms with van der Waals surface area (Å²) in [6.45, 7) is 0.628. The van der Waals surface area contributed by atoms with Crippen LogP contribution in [0, 0.1) is 5.41 Å². The molecule has 2 aliphatic rings. The van der Waals surface area contributed by atoms with Crippen molar-refractivity contribution >= 4 is 0 Å². The second-order valence-electron chi connectivity index (χ2n) is 6.19. The molecule has 110 valence electrons. The third-order valence-corrected chi connectivity index (χ3v) is 5.14. The third-order valence-electron chi connectivity index (χ3n) is 5.14. The number of hydrogen-bond acceptors (Lipinski definition) is 3. The number of aliphatic hydroxyl groups excluding tert-OH is 1. The molecule has 2 atom stereocenters. The van der Waals surface area contributed by atoms with Crippen LogP contribution in [-0.4, -0.2) is 24.4 Å². The summed E-state index contributed by atoms with van der Waals surface area (Å²) in [4.78, 5) is 0. The molecule has 0 heterocycles. The first-order chi connectivity index (χ1) is 9.74. The van der Waals surface area contributed by atoms with Crippen molar-refractivity contribution in [1.82, 2.24) is 0 Å². The van der Waals surface area contributed by atoms with Crippen LogP contribution in [0.5, 0.6) is 5.75 Å². The Balaban J connectivity index is 1.57. The second-order valence-corrected chi connectivity index (χ2v) is 6.19. The van der Waals surface area contributed by atoms with E-state index >= 15 is 0 Å². The van der Waals surface area contributed by atoms with Crippen LogP contribution in [-0.2, 0) is 11.3 Å². The van der Waals surface area contributed by atoms with Crippen molar-refractivity contribution in [2.75, 3.05) is 7.11 Å². The van der Waals surface area contributed by atoms with Gasteiger partial charge in [0.2, 0.25) is 0 Å². The van der Waals surface area contributed by atoms with Gasteiger partial charge < -0.3 is 14.6 Å². The fourth-order valence-electron chi connectivity index (χ4n) is 3.74. The van der Waals surface area contributed by atoms with Gasteiger partial charge in [-0.05, 0) is 30.5 Å². The predicted molar refractivity (Wildman–Crippen MR) is 77.7 cm³/mol. The van der Waals surface area contributed by atoms with Gasteiger partial charge in [-0.25, -0.2) is 0 Å². The molecular formula is C17H24O3. The van der Waals surface area contributed by atoms with Gasteiger partial charge in [-0.15, -0.1) is 0 Å². The highest BCUT2D eigenvalue weighted by Crippen LogP contribution is 2.53. The number of methoxy groups -OCH3 is 1. The van der Waals surface area contributed by atoms with Gasteiger partial charge in [0, 0.05) is 11.8 Å². The molecule has 0 saturated heterocycles.